The SMILES string of the molecule is CC(=O)c1cnc2n1C(C1CCC1)CNC2.Cc1ccccc1Cl. The molecular weight excluding hydrogens is 322 g/mol. The zero-order chi connectivity index (χ0) is 17.1. The van der Waals surface area contributed by atoms with Gasteiger partial charge in [0.2, 0.25) is 0 Å². The summed E-state index contributed by atoms with van der Waals surface area (Å²) in [4.78, 5) is 15.9. The minimum atomic E-state index is 0.130. The number of nitrogens with zero attached hydrogens (tertiary/aromatic N) is 2. The van der Waals surface area contributed by atoms with E-state index in [-0.39, 0.29) is 5.78 Å². The van der Waals surface area contributed by atoms with Crippen LogP contribution in [-0.2, 0) is 6.54 Å². The van der Waals surface area contributed by atoms with Crippen LogP contribution in [0.4, 0.5) is 0 Å². The van der Waals surface area contributed by atoms with E-state index in [2.05, 4.69) is 14.9 Å². The number of carbonyl (C=O) groups is 1. The van der Waals surface area contributed by atoms with E-state index in [1.165, 1.54) is 19.3 Å². The van der Waals surface area contributed by atoms with E-state index in [1.807, 2.05) is 31.2 Å². The predicted octanol–water partition coefficient (Wildman–Crippen LogP) is 4.18. The maximum Gasteiger partial charge on any atom is 0.177 e. The molecule has 2 aliphatic rings. The van der Waals surface area contributed by atoms with Crippen LogP contribution in [-0.4, -0.2) is 21.9 Å². The van der Waals surface area contributed by atoms with Gasteiger partial charge in [0.1, 0.15) is 11.5 Å². The molecule has 1 aromatic heterocycles. The molecule has 1 atom stereocenters. The van der Waals surface area contributed by atoms with E-state index in [4.69, 9.17) is 11.6 Å². The van der Waals surface area contributed by atoms with Crippen molar-refractivity contribution in [2.24, 2.45) is 5.92 Å². The average molecular weight is 346 g/mol. The highest BCUT2D eigenvalue weighted by Crippen LogP contribution is 2.38. The largest absolute Gasteiger partial charge is 0.320 e. The normalized spacial score (nSPS) is 19.7. The number of halogens is 1. The van der Waals surface area contributed by atoms with E-state index >= 15 is 0 Å². The minimum absolute atomic E-state index is 0.130. The molecule has 1 saturated carbocycles. The van der Waals surface area contributed by atoms with Crippen LogP contribution in [0.3, 0.4) is 0 Å². The standard InChI is InChI=1S/C12H17N3O.C7H7Cl/c1-8(16)10-6-14-12-7-13-5-11(15(10)12)9-3-2-4-9;1-6-4-2-3-5-7(6)8/h6,9,11,13H,2-5,7H2,1H3;2-5H,1H3. The van der Waals surface area contributed by atoms with Crippen molar-refractivity contribution in [1.29, 1.82) is 0 Å². The molecule has 1 aromatic carbocycles. The van der Waals surface area contributed by atoms with Crippen molar-refractivity contribution >= 4 is 17.4 Å². The van der Waals surface area contributed by atoms with Gasteiger partial charge >= 0.3 is 0 Å². The van der Waals surface area contributed by atoms with Crippen LogP contribution < -0.4 is 5.32 Å². The Balaban J connectivity index is 0.000000179. The van der Waals surface area contributed by atoms with Crippen LogP contribution in [0.25, 0.3) is 0 Å². The summed E-state index contributed by atoms with van der Waals surface area (Å²) in [6, 6.07) is 8.22. The molecule has 2 aromatic rings. The number of aryl methyl sites for hydroxylation is 1. The molecule has 1 fully saturated rings. The highest BCUT2D eigenvalue weighted by molar-refractivity contribution is 6.31. The summed E-state index contributed by atoms with van der Waals surface area (Å²) in [5.41, 5.74) is 1.92. The van der Waals surface area contributed by atoms with Gasteiger partial charge in [0.25, 0.3) is 0 Å². The quantitative estimate of drug-likeness (QED) is 0.830. The molecular formula is C19H24ClN3O. The first-order chi connectivity index (χ1) is 11.6. The average Bonchev–Trinajstić information content (AvgIpc) is 2.94. The Morgan fingerprint density at radius 2 is 2.08 bits per heavy atom. The van der Waals surface area contributed by atoms with Crippen molar-refractivity contribution < 1.29 is 4.79 Å². The number of rotatable bonds is 2. The lowest BCUT2D eigenvalue weighted by molar-refractivity contribution is 0.0991. The zero-order valence-corrected chi connectivity index (χ0v) is 15.0. The van der Waals surface area contributed by atoms with E-state index in [0.717, 1.165) is 41.1 Å². The monoisotopic (exact) mass is 345 g/mol. The van der Waals surface area contributed by atoms with Crippen molar-refractivity contribution in [2.75, 3.05) is 6.54 Å². The molecule has 1 aliphatic heterocycles. The van der Waals surface area contributed by atoms with Crippen LogP contribution in [0, 0.1) is 12.8 Å². The highest BCUT2D eigenvalue weighted by atomic mass is 35.5. The molecule has 4 rings (SSSR count). The van der Waals surface area contributed by atoms with Gasteiger partial charge in [-0.1, -0.05) is 36.2 Å². The smallest absolute Gasteiger partial charge is 0.177 e. The van der Waals surface area contributed by atoms with Crippen LogP contribution >= 0.6 is 11.6 Å². The van der Waals surface area contributed by atoms with E-state index in [1.54, 1.807) is 13.1 Å². The van der Waals surface area contributed by atoms with Gasteiger partial charge in [-0.05, 0) is 37.3 Å². The van der Waals surface area contributed by atoms with Crippen LogP contribution in [0.15, 0.2) is 30.5 Å². The number of fused-ring (bicyclic) bond motifs is 1. The van der Waals surface area contributed by atoms with Crippen molar-refractivity contribution in [2.45, 2.75) is 45.7 Å². The van der Waals surface area contributed by atoms with E-state index in [9.17, 15) is 4.79 Å². The van der Waals surface area contributed by atoms with Gasteiger partial charge in [-0.15, -0.1) is 0 Å². The summed E-state index contributed by atoms with van der Waals surface area (Å²) in [5.74, 6) is 1.89. The lowest BCUT2D eigenvalue weighted by atomic mass is 9.79. The second kappa shape index (κ2) is 7.49. The Morgan fingerprint density at radius 1 is 1.33 bits per heavy atom. The first-order valence-electron chi connectivity index (χ1n) is 8.57. The third-order valence-corrected chi connectivity index (χ3v) is 5.40. The summed E-state index contributed by atoms with van der Waals surface area (Å²) in [6.45, 7) is 5.39. The van der Waals surface area contributed by atoms with Gasteiger partial charge in [-0.25, -0.2) is 4.98 Å². The van der Waals surface area contributed by atoms with Crippen molar-refractivity contribution in [1.82, 2.24) is 14.9 Å². The van der Waals surface area contributed by atoms with Gasteiger partial charge in [0.05, 0.1) is 18.8 Å². The third-order valence-electron chi connectivity index (χ3n) is 4.97. The van der Waals surface area contributed by atoms with Gasteiger partial charge in [0, 0.05) is 18.5 Å². The summed E-state index contributed by atoms with van der Waals surface area (Å²) < 4.78 is 2.18. The second-order valence-corrected chi connectivity index (χ2v) is 7.03. The highest BCUT2D eigenvalue weighted by Gasteiger charge is 2.33. The summed E-state index contributed by atoms with van der Waals surface area (Å²) in [7, 11) is 0. The number of nitrogens with one attached hydrogen (secondary N) is 1. The van der Waals surface area contributed by atoms with Crippen molar-refractivity contribution in [3.63, 3.8) is 0 Å². The van der Waals surface area contributed by atoms with Crippen LogP contribution in [0.2, 0.25) is 5.02 Å². The number of carbonyl (C=O) groups excluding carboxylic acids is 1. The van der Waals surface area contributed by atoms with Crippen molar-refractivity contribution in [3.05, 3.63) is 52.6 Å². The Morgan fingerprint density at radius 3 is 2.62 bits per heavy atom. The number of ketones is 1. The zero-order valence-electron chi connectivity index (χ0n) is 14.3. The fraction of sp³-hybridized carbons (Fsp3) is 0.474. The molecule has 1 N–H and O–H groups in total. The van der Waals surface area contributed by atoms with Crippen LogP contribution in [0.1, 0.15) is 54.1 Å². The third kappa shape index (κ3) is 3.55. The molecule has 0 amide bonds. The van der Waals surface area contributed by atoms with E-state index < -0.39 is 0 Å². The number of Topliss-reactive ketones (excluding diaryl/α,β-unsaturated/α-hetero) is 1. The Labute approximate surface area is 148 Å². The second-order valence-electron chi connectivity index (χ2n) is 6.62. The summed E-state index contributed by atoms with van der Waals surface area (Å²) >= 11 is 5.71. The Kier molecular flexibility index (Phi) is 5.36. The van der Waals surface area contributed by atoms with E-state index in [0.29, 0.717) is 6.04 Å². The Hall–Kier alpha value is -1.65. The molecule has 2 heterocycles. The van der Waals surface area contributed by atoms with Crippen LogP contribution in [0.5, 0.6) is 0 Å². The molecule has 128 valence electrons. The number of imidazole rings is 1. The summed E-state index contributed by atoms with van der Waals surface area (Å²) in [6.07, 6.45) is 5.65. The number of hydrogen-bond acceptors (Lipinski definition) is 3. The molecule has 24 heavy (non-hydrogen) atoms. The fourth-order valence-electron chi connectivity index (χ4n) is 3.34. The first-order valence-corrected chi connectivity index (χ1v) is 8.94. The molecule has 0 radical (unpaired) electrons. The molecule has 4 nitrogen and oxygen atoms in total. The fourth-order valence-corrected chi connectivity index (χ4v) is 3.47. The maximum atomic E-state index is 11.6. The lowest BCUT2D eigenvalue weighted by Gasteiger charge is -2.38. The Bertz CT molecular complexity index is 700. The number of hydrogen-bond donors (Lipinski definition) is 1. The minimum Gasteiger partial charge on any atom is -0.320 e. The molecule has 1 unspecified atom stereocenters. The first kappa shape index (κ1) is 17.2. The molecule has 1 aliphatic carbocycles. The van der Waals surface area contributed by atoms with Gasteiger partial charge in [-0.3, -0.25) is 4.79 Å². The molecule has 0 bridgehead atoms. The number of aromatic nitrogens is 2. The van der Waals surface area contributed by atoms with Gasteiger partial charge in [-0.2, -0.15) is 0 Å². The van der Waals surface area contributed by atoms with Gasteiger partial charge < -0.3 is 9.88 Å². The molecule has 0 spiro atoms. The molecule has 0 saturated heterocycles. The molecule has 5 heteroatoms. The van der Waals surface area contributed by atoms with Gasteiger partial charge in [0.15, 0.2) is 5.78 Å². The summed E-state index contributed by atoms with van der Waals surface area (Å²) in [5, 5.41) is 4.24. The lowest BCUT2D eigenvalue weighted by Crippen LogP contribution is -2.40. The predicted molar refractivity (Wildman–Crippen MR) is 96.5 cm³/mol. The topological polar surface area (TPSA) is 46.9 Å². The number of benzene rings is 1. The van der Waals surface area contributed by atoms with Crippen molar-refractivity contribution in [3.8, 4) is 0 Å². The maximum absolute atomic E-state index is 11.6.